The van der Waals surface area contributed by atoms with E-state index in [1.54, 1.807) is 0 Å². The third-order valence-electron chi connectivity index (χ3n) is 3.21. The van der Waals surface area contributed by atoms with Crippen molar-refractivity contribution in [3.8, 4) is 0 Å². The van der Waals surface area contributed by atoms with E-state index in [1.165, 1.54) is 11.1 Å². The van der Waals surface area contributed by atoms with Gasteiger partial charge in [-0.25, -0.2) is 0 Å². The van der Waals surface area contributed by atoms with Gasteiger partial charge in [0.15, 0.2) is 0 Å². The summed E-state index contributed by atoms with van der Waals surface area (Å²) in [7, 11) is 0. The highest BCUT2D eigenvalue weighted by atomic mass is 14.9. The first-order chi connectivity index (χ1) is 8.33. The summed E-state index contributed by atoms with van der Waals surface area (Å²) in [6.45, 7) is 2.05. The van der Waals surface area contributed by atoms with Crippen molar-refractivity contribution in [1.29, 1.82) is 0 Å². The molecule has 1 aliphatic rings. The minimum absolute atomic E-state index is 0.542. The van der Waals surface area contributed by atoms with Crippen LogP contribution in [0.15, 0.2) is 42.5 Å². The van der Waals surface area contributed by atoms with Crippen LogP contribution in [-0.2, 0) is 0 Å². The largest absolute Gasteiger partial charge is 0.381 e. The van der Waals surface area contributed by atoms with Crippen LogP contribution < -0.4 is 5.32 Å². The summed E-state index contributed by atoms with van der Waals surface area (Å²) in [6, 6.07) is 11.0. The first kappa shape index (κ1) is 10.3. The van der Waals surface area contributed by atoms with E-state index in [4.69, 9.17) is 0 Å². The summed E-state index contributed by atoms with van der Waals surface area (Å²) in [5.74, 6) is 0. The fraction of sp³-hybridized carbons (Fsp3) is 0.267. The molecule has 0 radical (unpaired) electrons. The molecule has 2 nitrogen and oxygen atoms in total. The fourth-order valence-electron chi connectivity index (χ4n) is 2.38. The van der Waals surface area contributed by atoms with Gasteiger partial charge in [0.1, 0.15) is 0 Å². The number of para-hydroxylation sites is 1. The summed E-state index contributed by atoms with van der Waals surface area (Å²) >= 11 is 0. The van der Waals surface area contributed by atoms with Crippen molar-refractivity contribution in [2.75, 3.05) is 5.32 Å². The molecule has 2 heteroatoms. The van der Waals surface area contributed by atoms with E-state index in [-0.39, 0.29) is 0 Å². The molecule has 0 fully saturated rings. The fourth-order valence-corrected chi connectivity index (χ4v) is 2.38. The number of aromatic nitrogens is 1. The second-order valence-electron chi connectivity index (χ2n) is 4.61. The predicted octanol–water partition coefficient (Wildman–Crippen LogP) is 3.67. The van der Waals surface area contributed by atoms with E-state index in [0.717, 1.165) is 24.1 Å². The highest BCUT2D eigenvalue weighted by Gasteiger charge is 2.11. The van der Waals surface area contributed by atoms with Crippen LogP contribution in [0.5, 0.6) is 0 Å². The number of benzene rings is 1. The number of fused-ring (bicyclic) bond motifs is 1. The molecule has 0 amide bonds. The maximum atomic E-state index is 4.56. The average Bonchev–Trinajstić information content (AvgIpc) is 2.81. The lowest BCUT2D eigenvalue weighted by molar-refractivity contribution is 0.788. The Morgan fingerprint density at radius 1 is 1.18 bits per heavy atom. The molecular weight excluding hydrogens is 208 g/mol. The van der Waals surface area contributed by atoms with Crippen molar-refractivity contribution < 1.29 is 0 Å². The van der Waals surface area contributed by atoms with Crippen LogP contribution in [0, 0.1) is 6.92 Å². The van der Waals surface area contributed by atoms with Gasteiger partial charge < -0.3 is 5.32 Å². The van der Waals surface area contributed by atoms with Crippen LogP contribution in [0.25, 0.3) is 10.9 Å². The van der Waals surface area contributed by atoms with E-state index >= 15 is 0 Å². The predicted molar refractivity (Wildman–Crippen MR) is 72.3 cm³/mol. The Kier molecular flexibility index (Phi) is 2.56. The van der Waals surface area contributed by atoms with E-state index in [9.17, 15) is 0 Å². The van der Waals surface area contributed by atoms with Crippen molar-refractivity contribution in [1.82, 2.24) is 4.98 Å². The molecule has 1 aliphatic carbocycles. The Bertz CT molecular complexity index is 564. The minimum atomic E-state index is 0.542. The van der Waals surface area contributed by atoms with Gasteiger partial charge in [-0.05, 0) is 31.9 Å². The number of hydrogen-bond donors (Lipinski definition) is 1. The average molecular weight is 224 g/mol. The molecule has 0 atom stereocenters. The van der Waals surface area contributed by atoms with Gasteiger partial charge in [0.25, 0.3) is 0 Å². The standard InChI is InChI=1S/C15H16N2/c1-11-10-15(17-12-6-2-3-7-12)13-8-4-5-9-14(13)16-11/h2-5,8-10,12H,6-7H2,1H3,(H,16,17). The third kappa shape index (κ3) is 2.03. The molecule has 17 heavy (non-hydrogen) atoms. The van der Waals surface area contributed by atoms with Crippen molar-refractivity contribution in [3.05, 3.63) is 48.2 Å². The molecule has 1 N–H and O–H groups in total. The minimum Gasteiger partial charge on any atom is -0.381 e. The number of rotatable bonds is 2. The van der Waals surface area contributed by atoms with Gasteiger partial charge in [-0.3, -0.25) is 4.98 Å². The third-order valence-corrected chi connectivity index (χ3v) is 3.21. The lowest BCUT2D eigenvalue weighted by atomic mass is 10.1. The normalized spacial score (nSPS) is 15.6. The summed E-state index contributed by atoms with van der Waals surface area (Å²) < 4.78 is 0. The first-order valence-electron chi connectivity index (χ1n) is 6.11. The number of pyridine rings is 1. The lowest BCUT2D eigenvalue weighted by Crippen LogP contribution is -2.15. The maximum Gasteiger partial charge on any atom is 0.0725 e. The summed E-state index contributed by atoms with van der Waals surface area (Å²) in [5.41, 5.74) is 3.35. The molecule has 0 saturated carbocycles. The van der Waals surface area contributed by atoms with Crippen molar-refractivity contribution in [2.24, 2.45) is 0 Å². The SMILES string of the molecule is Cc1cc(NC2CC=CC2)c2ccccc2n1. The van der Waals surface area contributed by atoms with Crippen LogP contribution in [-0.4, -0.2) is 11.0 Å². The van der Waals surface area contributed by atoms with Gasteiger partial charge in [0.2, 0.25) is 0 Å². The Morgan fingerprint density at radius 3 is 2.76 bits per heavy atom. The molecule has 0 unspecified atom stereocenters. The topological polar surface area (TPSA) is 24.9 Å². The molecular formula is C15H16N2. The van der Waals surface area contributed by atoms with Crippen LogP contribution in [0.2, 0.25) is 0 Å². The Labute approximate surface area is 101 Å². The van der Waals surface area contributed by atoms with Crippen LogP contribution in [0.4, 0.5) is 5.69 Å². The second-order valence-corrected chi connectivity index (χ2v) is 4.61. The number of nitrogens with one attached hydrogen (secondary N) is 1. The van der Waals surface area contributed by atoms with E-state index < -0.39 is 0 Å². The number of anilines is 1. The Hall–Kier alpha value is -1.83. The summed E-state index contributed by atoms with van der Waals surface area (Å²) in [5, 5.41) is 4.84. The molecule has 0 bridgehead atoms. The van der Waals surface area contributed by atoms with Gasteiger partial charge in [-0.15, -0.1) is 0 Å². The van der Waals surface area contributed by atoms with E-state index in [1.807, 2.05) is 13.0 Å². The molecule has 1 aromatic carbocycles. The molecule has 1 heterocycles. The molecule has 3 rings (SSSR count). The van der Waals surface area contributed by atoms with Gasteiger partial charge in [0, 0.05) is 22.8 Å². The summed E-state index contributed by atoms with van der Waals surface area (Å²) in [4.78, 5) is 4.56. The smallest absolute Gasteiger partial charge is 0.0725 e. The molecule has 86 valence electrons. The molecule has 2 aromatic rings. The van der Waals surface area contributed by atoms with Crippen molar-refractivity contribution in [2.45, 2.75) is 25.8 Å². The van der Waals surface area contributed by atoms with E-state index in [2.05, 4.69) is 46.7 Å². The lowest BCUT2D eigenvalue weighted by Gasteiger charge is -2.16. The molecule has 0 spiro atoms. The maximum absolute atomic E-state index is 4.56. The van der Waals surface area contributed by atoms with Gasteiger partial charge in [-0.1, -0.05) is 30.4 Å². The van der Waals surface area contributed by atoms with Gasteiger partial charge >= 0.3 is 0 Å². The Balaban J connectivity index is 2.01. The zero-order valence-electron chi connectivity index (χ0n) is 9.98. The van der Waals surface area contributed by atoms with Crippen LogP contribution in [0.1, 0.15) is 18.5 Å². The monoisotopic (exact) mass is 224 g/mol. The quantitative estimate of drug-likeness (QED) is 0.787. The molecule has 0 aliphatic heterocycles. The van der Waals surface area contributed by atoms with Gasteiger partial charge in [-0.2, -0.15) is 0 Å². The summed E-state index contributed by atoms with van der Waals surface area (Å²) in [6.07, 6.45) is 6.73. The first-order valence-corrected chi connectivity index (χ1v) is 6.11. The van der Waals surface area contributed by atoms with Gasteiger partial charge in [0.05, 0.1) is 5.52 Å². The van der Waals surface area contributed by atoms with E-state index in [0.29, 0.717) is 6.04 Å². The highest BCUT2D eigenvalue weighted by Crippen LogP contribution is 2.25. The van der Waals surface area contributed by atoms with Crippen molar-refractivity contribution in [3.63, 3.8) is 0 Å². The highest BCUT2D eigenvalue weighted by molar-refractivity contribution is 5.91. The number of hydrogen-bond acceptors (Lipinski definition) is 2. The zero-order chi connectivity index (χ0) is 11.7. The molecule has 0 saturated heterocycles. The van der Waals surface area contributed by atoms with Crippen LogP contribution in [0.3, 0.4) is 0 Å². The zero-order valence-corrected chi connectivity index (χ0v) is 9.98. The van der Waals surface area contributed by atoms with Crippen LogP contribution >= 0.6 is 0 Å². The number of nitrogens with zero attached hydrogens (tertiary/aromatic N) is 1. The van der Waals surface area contributed by atoms with Crippen molar-refractivity contribution >= 4 is 16.6 Å². The molecule has 1 aromatic heterocycles. The Morgan fingerprint density at radius 2 is 1.94 bits per heavy atom. The number of aryl methyl sites for hydroxylation is 1. The second kappa shape index (κ2) is 4.21.